The number of benzene rings is 1. The Hall–Kier alpha value is -1.04. The number of nitro groups is 1. The van der Waals surface area contributed by atoms with Gasteiger partial charge in [-0.3, -0.25) is 10.1 Å². The Morgan fingerprint density at radius 2 is 2.11 bits per heavy atom. The fourth-order valence-corrected chi connectivity index (χ4v) is 2.17. The van der Waals surface area contributed by atoms with Gasteiger partial charge >= 0.3 is 5.69 Å². The predicted molar refractivity (Wildman–Crippen MR) is 69.6 cm³/mol. The van der Waals surface area contributed by atoms with Crippen molar-refractivity contribution in [2.24, 2.45) is 0 Å². The van der Waals surface area contributed by atoms with Gasteiger partial charge in [-0.05, 0) is 19.4 Å². The second-order valence-corrected chi connectivity index (χ2v) is 4.89. The normalized spacial score (nSPS) is 19.6. The zero-order valence-electron chi connectivity index (χ0n) is 9.49. The van der Waals surface area contributed by atoms with E-state index in [2.05, 4.69) is 5.32 Å². The molecule has 2 rings (SSSR count). The van der Waals surface area contributed by atoms with Crippen molar-refractivity contribution in [2.75, 3.05) is 13.1 Å². The summed E-state index contributed by atoms with van der Waals surface area (Å²) in [6.45, 7) is 1.63. The van der Waals surface area contributed by atoms with Gasteiger partial charge in [0.15, 0.2) is 5.75 Å². The third kappa shape index (κ3) is 3.04. The van der Waals surface area contributed by atoms with Crippen molar-refractivity contribution in [2.45, 2.75) is 18.9 Å². The van der Waals surface area contributed by atoms with E-state index < -0.39 is 4.92 Å². The second-order valence-electron chi connectivity index (χ2n) is 4.08. The van der Waals surface area contributed by atoms with Crippen molar-refractivity contribution in [3.8, 4) is 5.75 Å². The second kappa shape index (κ2) is 5.73. The van der Waals surface area contributed by atoms with Crippen LogP contribution in [-0.2, 0) is 0 Å². The molecule has 1 aromatic rings. The molecule has 98 valence electrons. The van der Waals surface area contributed by atoms with Gasteiger partial charge in [-0.15, -0.1) is 0 Å². The summed E-state index contributed by atoms with van der Waals surface area (Å²) in [5, 5.41) is 14.5. The molecule has 1 aliphatic rings. The summed E-state index contributed by atoms with van der Waals surface area (Å²) < 4.78 is 5.64. The van der Waals surface area contributed by atoms with Crippen LogP contribution in [0.4, 0.5) is 5.69 Å². The molecule has 1 aromatic carbocycles. The highest BCUT2D eigenvalue weighted by Crippen LogP contribution is 2.36. The minimum atomic E-state index is -0.520. The van der Waals surface area contributed by atoms with Crippen LogP contribution in [0.25, 0.3) is 0 Å². The van der Waals surface area contributed by atoms with Gasteiger partial charge in [0.25, 0.3) is 0 Å². The number of piperidine rings is 1. The van der Waals surface area contributed by atoms with Crippen molar-refractivity contribution in [1.29, 1.82) is 0 Å². The molecule has 1 N–H and O–H groups in total. The Bertz CT molecular complexity index is 462. The zero-order valence-corrected chi connectivity index (χ0v) is 11.0. The van der Waals surface area contributed by atoms with Crippen molar-refractivity contribution in [3.05, 3.63) is 32.3 Å². The lowest BCUT2D eigenvalue weighted by Gasteiger charge is -2.23. The van der Waals surface area contributed by atoms with E-state index >= 15 is 0 Å². The molecule has 1 atom stereocenters. The fourth-order valence-electron chi connectivity index (χ4n) is 1.86. The predicted octanol–water partition coefficient (Wildman–Crippen LogP) is 3.03. The van der Waals surface area contributed by atoms with Crippen LogP contribution in [-0.4, -0.2) is 24.1 Å². The SMILES string of the molecule is O=[N+]([O-])c1cc(Cl)c(Cl)cc1O[C@H]1CCCNC1. The van der Waals surface area contributed by atoms with Gasteiger partial charge in [0.05, 0.1) is 15.0 Å². The Morgan fingerprint density at radius 3 is 2.72 bits per heavy atom. The molecule has 0 spiro atoms. The average molecular weight is 291 g/mol. The van der Waals surface area contributed by atoms with E-state index in [-0.39, 0.29) is 27.6 Å². The van der Waals surface area contributed by atoms with Crippen LogP contribution >= 0.6 is 23.2 Å². The first-order valence-corrected chi connectivity index (χ1v) is 6.34. The van der Waals surface area contributed by atoms with Crippen molar-refractivity contribution < 1.29 is 9.66 Å². The van der Waals surface area contributed by atoms with Crippen LogP contribution in [0.5, 0.6) is 5.75 Å². The fraction of sp³-hybridized carbons (Fsp3) is 0.455. The summed E-state index contributed by atoms with van der Waals surface area (Å²) in [5.41, 5.74) is -0.157. The maximum atomic E-state index is 10.9. The number of nitrogens with zero attached hydrogens (tertiary/aromatic N) is 1. The van der Waals surface area contributed by atoms with E-state index in [0.29, 0.717) is 6.54 Å². The summed E-state index contributed by atoms with van der Waals surface area (Å²) in [6, 6.07) is 2.62. The quantitative estimate of drug-likeness (QED) is 0.686. The lowest BCUT2D eigenvalue weighted by atomic mass is 10.1. The summed E-state index contributed by atoms with van der Waals surface area (Å²) in [5.74, 6) is 0.170. The van der Waals surface area contributed by atoms with E-state index in [1.54, 1.807) is 0 Å². The molecule has 0 saturated carbocycles. The maximum absolute atomic E-state index is 10.9. The Morgan fingerprint density at radius 1 is 1.39 bits per heavy atom. The molecule has 0 radical (unpaired) electrons. The number of rotatable bonds is 3. The number of ether oxygens (including phenoxy) is 1. The average Bonchev–Trinajstić information content (AvgIpc) is 2.34. The van der Waals surface area contributed by atoms with E-state index in [4.69, 9.17) is 27.9 Å². The molecule has 5 nitrogen and oxygen atoms in total. The standard InChI is InChI=1S/C11H12Cl2N2O3/c12-8-4-10(15(16)17)11(5-9(8)13)18-7-2-1-3-14-6-7/h4-5,7,14H,1-3,6H2/t7-/m0/s1. The highest BCUT2D eigenvalue weighted by Gasteiger charge is 2.22. The molecule has 0 aromatic heterocycles. The molecule has 0 amide bonds. The number of halogens is 2. The van der Waals surface area contributed by atoms with Crippen LogP contribution in [0.3, 0.4) is 0 Å². The van der Waals surface area contributed by atoms with Crippen LogP contribution in [0.15, 0.2) is 12.1 Å². The molecule has 1 heterocycles. The molecule has 0 unspecified atom stereocenters. The van der Waals surface area contributed by atoms with Gasteiger partial charge in [-0.1, -0.05) is 23.2 Å². The monoisotopic (exact) mass is 290 g/mol. The smallest absolute Gasteiger partial charge is 0.312 e. The van der Waals surface area contributed by atoms with Crippen LogP contribution in [0.1, 0.15) is 12.8 Å². The first kappa shape index (κ1) is 13.4. The molecule has 7 heteroatoms. The summed E-state index contributed by atoms with van der Waals surface area (Å²) in [6.07, 6.45) is 1.78. The lowest BCUT2D eigenvalue weighted by Crippen LogP contribution is -2.37. The van der Waals surface area contributed by atoms with Crippen LogP contribution in [0, 0.1) is 10.1 Å². The molecule has 1 saturated heterocycles. The first-order chi connectivity index (χ1) is 8.58. The third-order valence-corrected chi connectivity index (χ3v) is 3.47. The van der Waals surface area contributed by atoms with Crippen LogP contribution in [0.2, 0.25) is 10.0 Å². The number of hydrogen-bond donors (Lipinski definition) is 1. The lowest BCUT2D eigenvalue weighted by molar-refractivity contribution is -0.386. The van der Waals surface area contributed by atoms with Gasteiger partial charge in [-0.2, -0.15) is 0 Å². The van der Waals surface area contributed by atoms with Crippen molar-refractivity contribution >= 4 is 28.9 Å². The van der Waals surface area contributed by atoms with Crippen molar-refractivity contribution in [1.82, 2.24) is 5.32 Å². The van der Waals surface area contributed by atoms with E-state index in [9.17, 15) is 10.1 Å². The zero-order chi connectivity index (χ0) is 13.1. The van der Waals surface area contributed by atoms with Gasteiger partial charge in [0.1, 0.15) is 6.10 Å². The number of nitro benzene ring substituents is 1. The molecule has 1 fully saturated rings. The first-order valence-electron chi connectivity index (χ1n) is 5.58. The minimum Gasteiger partial charge on any atom is -0.482 e. The number of nitrogens with one attached hydrogen (secondary N) is 1. The highest BCUT2D eigenvalue weighted by molar-refractivity contribution is 6.42. The maximum Gasteiger partial charge on any atom is 0.312 e. The molecule has 0 bridgehead atoms. The Kier molecular flexibility index (Phi) is 4.27. The molecular formula is C11H12Cl2N2O3. The molecule has 18 heavy (non-hydrogen) atoms. The number of hydrogen-bond acceptors (Lipinski definition) is 4. The third-order valence-electron chi connectivity index (χ3n) is 2.74. The molecule has 1 aliphatic heterocycles. The van der Waals surface area contributed by atoms with E-state index in [0.717, 1.165) is 19.4 Å². The largest absolute Gasteiger partial charge is 0.482 e. The summed E-state index contributed by atoms with van der Waals surface area (Å²) in [7, 11) is 0. The van der Waals surface area contributed by atoms with Crippen LogP contribution < -0.4 is 10.1 Å². The molecule has 0 aliphatic carbocycles. The van der Waals surface area contributed by atoms with E-state index in [1.165, 1.54) is 12.1 Å². The van der Waals surface area contributed by atoms with Gasteiger partial charge in [0.2, 0.25) is 0 Å². The van der Waals surface area contributed by atoms with Gasteiger partial charge in [-0.25, -0.2) is 0 Å². The Labute approximate surface area is 114 Å². The Balaban J connectivity index is 2.24. The van der Waals surface area contributed by atoms with Gasteiger partial charge in [0, 0.05) is 18.7 Å². The van der Waals surface area contributed by atoms with E-state index in [1.807, 2.05) is 0 Å². The van der Waals surface area contributed by atoms with Gasteiger partial charge < -0.3 is 10.1 Å². The van der Waals surface area contributed by atoms with Crippen molar-refractivity contribution in [3.63, 3.8) is 0 Å². The molecular weight excluding hydrogens is 279 g/mol. The summed E-state index contributed by atoms with van der Waals surface area (Å²) >= 11 is 11.6. The summed E-state index contributed by atoms with van der Waals surface area (Å²) in [4.78, 5) is 10.4. The highest BCUT2D eigenvalue weighted by atomic mass is 35.5. The minimum absolute atomic E-state index is 0.0744. The topological polar surface area (TPSA) is 64.4 Å².